The average Bonchev–Trinajstić information content (AvgIpc) is 3.16. The number of aromatic amines is 1. The standard InChI is InChI=1S/C12H14N6.C2H4O2/c1-17-6-3-13-11(17)12-14-4-7-18(12)5-2-10-8-15-16-9-10;1-2(3)4/h3-4,6-9H,2,5H2,1H3,(H,15,16);1H3,(H,3,4). The molecule has 0 amide bonds. The van der Waals surface area contributed by atoms with Gasteiger partial charge in [-0.3, -0.25) is 9.89 Å². The molecule has 0 aromatic carbocycles. The Labute approximate surface area is 127 Å². The summed E-state index contributed by atoms with van der Waals surface area (Å²) in [6.07, 6.45) is 12.2. The third-order valence-corrected chi connectivity index (χ3v) is 2.93. The molecule has 0 saturated heterocycles. The van der Waals surface area contributed by atoms with Gasteiger partial charge in [0.2, 0.25) is 0 Å². The normalized spacial score (nSPS) is 10.1. The van der Waals surface area contributed by atoms with E-state index in [2.05, 4.69) is 24.7 Å². The Morgan fingerprint density at radius 1 is 1.27 bits per heavy atom. The van der Waals surface area contributed by atoms with Crippen molar-refractivity contribution in [3.8, 4) is 11.6 Å². The Kier molecular flexibility index (Phi) is 5.07. The Bertz CT molecular complexity index is 709. The van der Waals surface area contributed by atoms with Gasteiger partial charge in [-0.25, -0.2) is 9.97 Å². The summed E-state index contributed by atoms with van der Waals surface area (Å²) in [6, 6.07) is 0. The van der Waals surface area contributed by atoms with E-state index < -0.39 is 5.97 Å². The summed E-state index contributed by atoms with van der Waals surface area (Å²) in [6.45, 7) is 1.95. The first-order valence-electron chi connectivity index (χ1n) is 6.74. The molecule has 0 unspecified atom stereocenters. The summed E-state index contributed by atoms with van der Waals surface area (Å²) in [7, 11) is 1.97. The molecule has 22 heavy (non-hydrogen) atoms. The summed E-state index contributed by atoms with van der Waals surface area (Å²) in [5, 5.41) is 14.2. The molecule has 0 aliphatic heterocycles. The Hall–Kier alpha value is -2.90. The topological polar surface area (TPSA) is 102 Å². The lowest BCUT2D eigenvalue weighted by molar-refractivity contribution is -0.134. The zero-order valence-corrected chi connectivity index (χ0v) is 12.5. The van der Waals surface area contributed by atoms with Crippen LogP contribution in [0.3, 0.4) is 0 Å². The van der Waals surface area contributed by atoms with Gasteiger partial charge in [0, 0.05) is 51.5 Å². The number of carboxylic acids is 1. The van der Waals surface area contributed by atoms with Crippen LogP contribution in [0.25, 0.3) is 11.6 Å². The Morgan fingerprint density at radius 2 is 1.95 bits per heavy atom. The maximum atomic E-state index is 9.00. The minimum absolute atomic E-state index is 0.833. The highest BCUT2D eigenvalue weighted by atomic mass is 16.4. The monoisotopic (exact) mass is 302 g/mol. The molecule has 0 aliphatic rings. The summed E-state index contributed by atoms with van der Waals surface area (Å²) < 4.78 is 4.08. The van der Waals surface area contributed by atoms with Crippen LogP contribution in [0.2, 0.25) is 0 Å². The number of aromatic nitrogens is 6. The van der Waals surface area contributed by atoms with Crippen molar-refractivity contribution in [2.24, 2.45) is 7.05 Å². The summed E-state index contributed by atoms with van der Waals surface area (Å²) >= 11 is 0. The molecule has 3 aromatic rings. The van der Waals surface area contributed by atoms with Crippen LogP contribution >= 0.6 is 0 Å². The first-order chi connectivity index (χ1) is 10.6. The van der Waals surface area contributed by atoms with E-state index in [4.69, 9.17) is 9.90 Å². The van der Waals surface area contributed by atoms with E-state index in [0.717, 1.165) is 31.5 Å². The molecular formula is C14H18N6O2. The van der Waals surface area contributed by atoms with E-state index in [1.807, 2.05) is 36.4 Å². The summed E-state index contributed by atoms with van der Waals surface area (Å²) in [5.41, 5.74) is 1.19. The number of imidazole rings is 2. The number of rotatable bonds is 4. The average molecular weight is 302 g/mol. The van der Waals surface area contributed by atoms with Crippen molar-refractivity contribution in [1.29, 1.82) is 0 Å². The molecule has 0 atom stereocenters. The molecule has 116 valence electrons. The minimum Gasteiger partial charge on any atom is -0.481 e. The SMILES string of the molecule is CC(=O)O.Cn1ccnc1-c1nccn1CCc1cn[nH]c1. The van der Waals surface area contributed by atoms with E-state index in [-0.39, 0.29) is 0 Å². The molecule has 3 heterocycles. The van der Waals surface area contributed by atoms with Gasteiger partial charge in [-0.1, -0.05) is 0 Å². The van der Waals surface area contributed by atoms with Crippen LogP contribution in [-0.2, 0) is 24.8 Å². The van der Waals surface area contributed by atoms with Crippen molar-refractivity contribution < 1.29 is 9.90 Å². The van der Waals surface area contributed by atoms with Crippen molar-refractivity contribution in [3.63, 3.8) is 0 Å². The molecule has 0 aliphatic carbocycles. The van der Waals surface area contributed by atoms with Gasteiger partial charge in [-0.15, -0.1) is 0 Å². The quantitative estimate of drug-likeness (QED) is 0.757. The van der Waals surface area contributed by atoms with E-state index in [0.29, 0.717) is 0 Å². The predicted octanol–water partition coefficient (Wildman–Crippen LogP) is 1.34. The molecule has 0 spiro atoms. The van der Waals surface area contributed by atoms with Crippen LogP contribution in [0.4, 0.5) is 0 Å². The largest absolute Gasteiger partial charge is 0.481 e. The smallest absolute Gasteiger partial charge is 0.300 e. The second kappa shape index (κ2) is 7.21. The van der Waals surface area contributed by atoms with Crippen molar-refractivity contribution in [3.05, 3.63) is 42.7 Å². The Morgan fingerprint density at radius 3 is 2.55 bits per heavy atom. The van der Waals surface area contributed by atoms with Crippen LogP contribution in [0.1, 0.15) is 12.5 Å². The van der Waals surface area contributed by atoms with Crippen LogP contribution in [0, 0.1) is 0 Å². The van der Waals surface area contributed by atoms with Crippen LogP contribution in [-0.4, -0.2) is 40.4 Å². The molecule has 0 radical (unpaired) electrons. The van der Waals surface area contributed by atoms with Crippen molar-refractivity contribution >= 4 is 5.97 Å². The summed E-state index contributed by atoms with van der Waals surface area (Å²) in [5.74, 6) is 0.943. The summed E-state index contributed by atoms with van der Waals surface area (Å²) in [4.78, 5) is 17.7. The molecule has 3 aromatic heterocycles. The lowest BCUT2D eigenvalue weighted by Crippen LogP contribution is -2.05. The number of hydrogen-bond acceptors (Lipinski definition) is 4. The number of hydrogen-bond donors (Lipinski definition) is 2. The van der Waals surface area contributed by atoms with E-state index >= 15 is 0 Å². The first kappa shape index (κ1) is 15.5. The number of aliphatic carboxylic acids is 1. The third kappa shape index (κ3) is 4.05. The molecular weight excluding hydrogens is 284 g/mol. The van der Waals surface area contributed by atoms with E-state index in [9.17, 15) is 0 Å². The zero-order chi connectivity index (χ0) is 15.9. The highest BCUT2D eigenvalue weighted by Crippen LogP contribution is 2.14. The zero-order valence-electron chi connectivity index (χ0n) is 12.5. The molecule has 8 heteroatoms. The fraction of sp³-hybridized carbons (Fsp3) is 0.286. The van der Waals surface area contributed by atoms with Gasteiger partial charge in [-0.2, -0.15) is 5.10 Å². The number of carbonyl (C=O) groups is 1. The molecule has 0 bridgehead atoms. The molecule has 8 nitrogen and oxygen atoms in total. The number of nitrogens with one attached hydrogen (secondary N) is 1. The maximum Gasteiger partial charge on any atom is 0.300 e. The number of carboxylic acid groups (broad SMARTS) is 1. The highest BCUT2D eigenvalue weighted by Gasteiger charge is 2.10. The minimum atomic E-state index is -0.833. The van der Waals surface area contributed by atoms with Crippen molar-refractivity contribution in [1.82, 2.24) is 29.3 Å². The number of aryl methyl sites for hydroxylation is 3. The maximum absolute atomic E-state index is 9.00. The van der Waals surface area contributed by atoms with Crippen LogP contribution in [0.5, 0.6) is 0 Å². The van der Waals surface area contributed by atoms with Gasteiger partial charge < -0.3 is 14.2 Å². The van der Waals surface area contributed by atoms with Gasteiger partial charge in [0.1, 0.15) is 0 Å². The van der Waals surface area contributed by atoms with E-state index in [1.54, 1.807) is 12.4 Å². The molecule has 0 fully saturated rings. The van der Waals surface area contributed by atoms with Gasteiger partial charge in [0.05, 0.1) is 6.20 Å². The molecule has 0 saturated carbocycles. The molecule has 2 N–H and O–H groups in total. The van der Waals surface area contributed by atoms with Gasteiger partial charge in [-0.05, 0) is 12.0 Å². The van der Waals surface area contributed by atoms with Crippen molar-refractivity contribution in [2.45, 2.75) is 19.9 Å². The number of H-pyrrole nitrogens is 1. The lowest BCUT2D eigenvalue weighted by Gasteiger charge is -2.06. The fourth-order valence-corrected chi connectivity index (χ4v) is 1.94. The van der Waals surface area contributed by atoms with Crippen molar-refractivity contribution in [2.75, 3.05) is 0 Å². The predicted molar refractivity (Wildman–Crippen MR) is 80.0 cm³/mol. The second-order valence-electron chi connectivity index (χ2n) is 4.68. The molecule has 3 rings (SSSR count). The van der Waals surface area contributed by atoms with Crippen LogP contribution in [0.15, 0.2) is 37.2 Å². The third-order valence-electron chi connectivity index (χ3n) is 2.93. The van der Waals surface area contributed by atoms with Gasteiger partial charge >= 0.3 is 0 Å². The lowest BCUT2D eigenvalue weighted by atomic mass is 10.2. The second-order valence-corrected chi connectivity index (χ2v) is 4.68. The highest BCUT2D eigenvalue weighted by molar-refractivity contribution is 5.62. The van der Waals surface area contributed by atoms with Crippen LogP contribution < -0.4 is 0 Å². The first-order valence-corrected chi connectivity index (χ1v) is 6.74. The van der Waals surface area contributed by atoms with E-state index in [1.165, 1.54) is 5.56 Å². The van der Waals surface area contributed by atoms with Gasteiger partial charge in [0.15, 0.2) is 11.6 Å². The Balaban J connectivity index is 0.000000396. The van der Waals surface area contributed by atoms with Gasteiger partial charge in [0.25, 0.3) is 5.97 Å². The fourth-order valence-electron chi connectivity index (χ4n) is 1.94. The number of nitrogens with zero attached hydrogens (tertiary/aromatic N) is 5.